The molecule has 0 fully saturated rings. The summed E-state index contributed by atoms with van der Waals surface area (Å²) >= 11 is 1.86. The Morgan fingerprint density at radius 2 is 2.20 bits per heavy atom. The predicted molar refractivity (Wildman–Crippen MR) is 87.3 cm³/mol. The van der Waals surface area contributed by atoms with E-state index in [0.717, 1.165) is 12.2 Å². The molecule has 0 aliphatic heterocycles. The van der Waals surface area contributed by atoms with E-state index in [1.165, 1.54) is 36.1 Å². The molecule has 3 heteroatoms. The van der Waals surface area contributed by atoms with Gasteiger partial charge in [-0.2, -0.15) is 0 Å². The van der Waals surface area contributed by atoms with E-state index in [2.05, 4.69) is 46.9 Å². The first-order valence-electron chi connectivity index (χ1n) is 7.48. The van der Waals surface area contributed by atoms with E-state index in [0.29, 0.717) is 6.04 Å². The Morgan fingerprint density at radius 3 is 2.85 bits per heavy atom. The van der Waals surface area contributed by atoms with E-state index in [1.54, 1.807) is 0 Å². The molecule has 0 spiro atoms. The van der Waals surface area contributed by atoms with Gasteiger partial charge in [0.05, 0.1) is 0 Å². The van der Waals surface area contributed by atoms with Crippen LogP contribution in [-0.4, -0.2) is 11.5 Å². The largest absolute Gasteiger partial charge is 0.310 e. The minimum absolute atomic E-state index is 0.433. The van der Waals surface area contributed by atoms with Crippen molar-refractivity contribution in [3.63, 3.8) is 0 Å². The van der Waals surface area contributed by atoms with E-state index >= 15 is 0 Å². The average Bonchev–Trinajstić information content (AvgIpc) is 2.97. The first kappa shape index (κ1) is 15.2. The lowest BCUT2D eigenvalue weighted by Gasteiger charge is -2.18. The van der Waals surface area contributed by atoms with Crippen molar-refractivity contribution in [2.45, 2.75) is 45.6 Å². The molecule has 2 aromatic rings. The summed E-state index contributed by atoms with van der Waals surface area (Å²) < 4.78 is 0. The maximum absolute atomic E-state index is 4.43. The molecule has 0 aromatic carbocycles. The van der Waals surface area contributed by atoms with Gasteiger partial charge in [-0.15, -0.1) is 11.3 Å². The van der Waals surface area contributed by atoms with Crippen LogP contribution in [0.1, 0.15) is 48.4 Å². The number of hydrogen-bond acceptors (Lipinski definition) is 3. The summed E-state index contributed by atoms with van der Waals surface area (Å²) in [5.41, 5.74) is 2.40. The summed E-state index contributed by atoms with van der Waals surface area (Å²) in [6, 6.07) is 9.11. The SMILES string of the molecule is CCCNC(CCCc1cccs1)c1ccc(C)nc1. The predicted octanol–water partition coefficient (Wildman–Crippen LogP) is 4.52. The zero-order valence-electron chi connectivity index (χ0n) is 12.4. The Morgan fingerprint density at radius 1 is 1.30 bits per heavy atom. The van der Waals surface area contributed by atoms with Crippen LogP contribution in [0.5, 0.6) is 0 Å². The van der Waals surface area contributed by atoms with Crippen LogP contribution in [0.3, 0.4) is 0 Å². The fourth-order valence-corrected chi connectivity index (χ4v) is 3.08. The molecule has 0 saturated carbocycles. The van der Waals surface area contributed by atoms with Crippen LogP contribution in [-0.2, 0) is 6.42 Å². The molecule has 0 bridgehead atoms. The number of nitrogens with one attached hydrogen (secondary N) is 1. The van der Waals surface area contributed by atoms with E-state index in [-0.39, 0.29) is 0 Å². The molecule has 0 radical (unpaired) electrons. The molecule has 1 unspecified atom stereocenters. The second-order valence-corrected chi connectivity index (χ2v) is 6.24. The fraction of sp³-hybridized carbons (Fsp3) is 0.471. The van der Waals surface area contributed by atoms with E-state index < -0.39 is 0 Å². The molecular weight excluding hydrogens is 264 g/mol. The van der Waals surface area contributed by atoms with Crippen molar-refractivity contribution in [2.75, 3.05) is 6.54 Å². The molecule has 20 heavy (non-hydrogen) atoms. The van der Waals surface area contributed by atoms with Gasteiger partial charge in [-0.05, 0) is 62.2 Å². The van der Waals surface area contributed by atoms with Gasteiger partial charge in [0.1, 0.15) is 0 Å². The van der Waals surface area contributed by atoms with Gasteiger partial charge in [-0.1, -0.05) is 19.1 Å². The summed E-state index contributed by atoms with van der Waals surface area (Å²) in [6.07, 6.45) is 6.76. The smallest absolute Gasteiger partial charge is 0.0372 e. The summed E-state index contributed by atoms with van der Waals surface area (Å²) in [5.74, 6) is 0. The Labute approximate surface area is 126 Å². The van der Waals surface area contributed by atoms with E-state index in [4.69, 9.17) is 0 Å². The highest BCUT2D eigenvalue weighted by molar-refractivity contribution is 7.09. The van der Waals surface area contributed by atoms with Crippen LogP contribution in [0.2, 0.25) is 0 Å². The standard InChI is InChI=1S/C17H24N2S/c1-3-11-18-17(15-10-9-14(2)19-13-15)8-4-6-16-7-5-12-20-16/h5,7,9-10,12-13,17-18H,3-4,6,8,11H2,1-2H3. The fourth-order valence-electron chi connectivity index (χ4n) is 2.33. The van der Waals surface area contributed by atoms with Crippen molar-refractivity contribution in [1.29, 1.82) is 0 Å². The Balaban J connectivity index is 1.90. The van der Waals surface area contributed by atoms with Gasteiger partial charge in [0, 0.05) is 22.8 Å². The highest BCUT2D eigenvalue weighted by atomic mass is 32.1. The van der Waals surface area contributed by atoms with Gasteiger partial charge in [-0.3, -0.25) is 4.98 Å². The lowest BCUT2D eigenvalue weighted by molar-refractivity contribution is 0.484. The van der Waals surface area contributed by atoms with Crippen molar-refractivity contribution < 1.29 is 0 Å². The topological polar surface area (TPSA) is 24.9 Å². The zero-order chi connectivity index (χ0) is 14.2. The van der Waals surface area contributed by atoms with Crippen LogP contribution in [0, 0.1) is 6.92 Å². The zero-order valence-corrected chi connectivity index (χ0v) is 13.2. The van der Waals surface area contributed by atoms with E-state index in [1.807, 2.05) is 24.5 Å². The number of aromatic nitrogens is 1. The second-order valence-electron chi connectivity index (χ2n) is 5.21. The van der Waals surface area contributed by atoms with Gasteiger partial charge < -0.3 is 5.32 Å². The summed E-state index contributed by atoms with van der Waals surface area (Å²) in [7, 11) is 0. The third-order valence-electron chi connectivity index (χ3n) is 3.47. The minimum Gasteiger partial charge on any atom is -0.310 e. The van der Waals surface area contributed by atoms with Gasteiger partial charge in [-0.25, -0.2) is 0 Å². The van der Waals surface area contributed by atoms with Crippen molar-refractivity contribution >= 4 is 11.3 Å². The highest BCUT2D eigenvalue weighted by Gasteiger charge is 2.10. The monoisotopic (exact) mass is 288 g/mol. The normalized spacial score (nSPS) is 12.5. The number of hydrogen-bond donors (Lipinski definition) is 1. The van der Waals surface area contributed by atoms with Crippen LogP contribution in [0.25, 0.3) is 0 Å². The lowest BCUT2D eigenvalue weighted by Crippen LogP contribution is -2.22. The van der Waals surface area contributed by atoms with Gasteiger partial charge in [0.2, 0.25) is 0 Å². The van der Waals surface area contributed by atoms with Gasteiger partial charge in [0.15, 0.2) is 0 Å². The molecular formula is C17H24N2S. The molecule has 0 amide bonds. The van der Waals surface area contributed by atoms with Crippen LogP contribution in [0.4, 0.5) is 0 Å². The first-order chi connectivity index (χ1) is 9.79. The molecule has 0 aliphatic rings. The first-order valence-corrected chi connectivity index (χ1v) is 8.36. The number of pyridine rings is 1. The molecule has 2 aromatic heterocycles. The van der Waals surface area contributed by atoms with Crippen molar-refractivity contribution in [3.05, 3.63) is 52.0 Å². The van der Waals surface area contributed by atoms with Gasteiger partial charge in [0.25, 0.3) is 0 Å². The lowest BCUT2D eigenvalue weighted by atomic mass is 10.0. The van der Waals surface area contributed by atoms with Gasteiger partial charge >= 0.3 is 0 Å². The quantitative estimate of drug-likeness (QED) is 0.772. The average molecular weight is 288 g/mol. The maximum Gasteiger partial charge on any atom is 0.0372 e. The third-order valence-corrected chi connectivity index (χ3v) is 4.41. The summed E-state index contributed by atoms with van der Waals surface area (Å²) in [6.45, 7) is 5.32. The van der Waals surface area contributed by atoms with Crippen LogP contribution < -0.4 is 5.32 Å². The van der Waals surface area contributed by atoms with Crippen molar-refractivity contribution in [3.8, 4) is 0 Å². The number of nitrogens with zero attached hydrogens (tertiary/aromatic N) is 1. The molecule has 2 rings (SSSR count). The number of thiophene rings is 1. The van der Waals surface area contributed by atoms with Crippen molar-refractivity contribution in [2.24, 2.45) is 0 Å². The number of rotatable bonds is 8. The minimum atomic E-state index is 0.433. The maximum atomic E-state index is 4.43. The van der Waals surface area contributed by atoms with Crippen LogP contribution >= 0.6 is 11.3 Å². The Hall–Kier alpha value is -1.19. The molecule has 108 valence electrons. The molecule has 1 atom stereocenters. The number of aryl methyl sites for hydroxylation is 2. The molecule has 0 saturated heterocycles. The van der Waals surface area contributed by atoms with Crippen LogP contribution in [0.15, 0.2) is 35.8 Å². The molecule has 0 aliphatic carbocycles. The molecule has 2 nitrogen and oxygen atoms in total. The second kappa shape index (κ2) is 8.18. The molecule has 2 heterocycles. The summed E-state index contributed by atoms with van der Waals surface area (Å²) in [5, 5.41) is 5.81. The highest BCUT2D eigenvalue weighted by Crippen LogP contribution is 2.20. The molecule has 1 N–H and O–H groups in total. The third kappa shape index (κ3) is 4.73. The summed E-state index contributed by atoms with van der Waals surface area (Å²) in [4.78, 5) is 5.92. The Bertz CT molecular complexity index is 476. The Kier molecular flexibility index (Phi) is 6.22. The van der Waals surface area contributed by atoms with Crippen molar-refractivity contribution in [1.82, 2.24) is 10.3 Å². The van der Waals surface area contributed by atoms with E-state index in [9.17, 15) is 0 Å².